The minimum Gasteiger partial charge on any atom is -0.465 e. The average Bonchev–Trinajstić information content (AvgIpc) is 2.70. The highest BCUT2D eigenvalue weighted by molar-refractivity contribution is 5.98. The Bertz CT molecular complexity index is 1200. The first-order valence-corrected chi connectivity index (χ1v) is 8.42. The fourth-order valence-electron chi connectivity index (χ4n) is 2.66. The van der Waals surface area contributed by atoms with Crippen molar-refractivity contribution >= 4 is 17.7 Å². The number of rotatable bonds is 4. The van der Waals surface area contributed by atoms with Crippen LogP contribution in [0, 0.1) is 25.2 Å². The summed E-state index contributed by atoms with van der Waals surface area (Å²) >= 11 is 0. The molecule has 0 aliphatic heterocycles. The maximum atomic E-state index is 13.1. The van der Waals surface area contributed by atoms with Crippen LogP contribution >= 0.6 is 0 Å². The highest BCUT2D eigenvalue weighted by atomic mass is 16.5. The molecule has 0 N–H and O–H groups in total. The Kier molecular flexibility index (Phi) is 5.23. The molecule has 2 heterocycles. The van der Waals surface area contributed by atoms with E-state index in [0.29, 0.717) is 11.4 Å². The smallest absolute Gasteiger partial charge is 0.348 e. The number of pyridine rings is 1. The van der Waals surface area contributed by atoms with E-state index >= 15 is 0 Å². The molecule has 28 heavy (non-hydrogen) atoms. The summed E-state index contributed by atoms with van der Waals surface area (Å²) in [4.78, 5) is 29.4. The first-order valence-electron chi connectivity index (χ1n) is 8.42. The van der Waals surface area contributed by atoms with Gasteiger partial charge in [0, 0.05) is 6.20 Å². The van der Waals surface area contributed by atoms with Crippen molar-refractivity contribution in [3.05, 3.63) is 75.2 Å². The topological polar surface area (TPSA) is 93.7 Å². The molecule has 140 valence electrons. The molecule has 0 radical (unpaired) electrons. The van der Waals surface area contributed by atoms with Crippen molar-refractivity contribution in [2.24, 2.45) is 0 Å². The number of aryl methyl sites for hydroxylation is 2. The van der Waals surface area contributed by atoms with Crippen molar-refractivity contribution in [1.29, 1.82) is 5.26 Å². The van der Waals surface area contributed by atoms with Crippen LogP contribution in [0.3, 0.4) is 0 Å². The summed E-state index contributed by atoms with van der Waals surface area (Å²) in [6, 6.07) is 12.5. The first-order chi connectivity index (χ1) is 13.5. The van der Waals surface area contributed by atoms with Crippen molar-refractivity contribution in [2.45, 2.75) is 13.8 Å². The van der Waals surface area contributed by atoms with Gasteiger partial charge in [0.05, 0.1) is 7.11 Å². The predicted octanol–water partition coefficient (Wildman–Crippen LogP) is 3.18. The lowest BCUT2D eigenvalue weighted by Gasteiger charge is -2.12. The Hall–Kier alpha value is -3.92. The average molecular weight is 375 g/mol. The fraction of sp³-hybridized carbons (Fsp3) is 0.143. The molecule has 3 rings (SSSR count). The van der Waals surface area contributed by atoms with Crippen molar-refractivity contribution in [1.82, 2.24) is 9.38 Å². The number of nitriles is 1. The van der Waals surface area contributed by atoms with Crippen LogP contribution in [0.1, 0.15) is 16.7 Å². The van der Waals surface area contributed by atoms with E-state index in [2.05, 4.69) is 9.72 Å². The predicted molar refractivity (Wildman–Crippen MR) is 103 cm³/mol. The van der Waals surface area contributed by atoms with E-state index in [1.54, 1.807) is 30.5 Å². The van der Waals surface area contributed by atoms with Crippen LogP contribution in [0.15, 0.2) is 53.0 Å². The van der Waals surface area contributed by atoms with E-state index in [9.17, 15) is 14.9 Å². The number of fused-ring (bicyclic) bond motifs is 1. The fourth-order valence-corrected chi connectivity index (χ4v) is 2.66. The summed E-state index contributed by atoms with van der Waals surface area (Å²) in [7, 11) is 1.16. The molecule has 7 heteroatoms. The number of hydrogen-bond donors (Lipinski definition) is 0. The van der Waals surface area contributed by atoms with Gasteiger partial charge in [0.2, 0.25) is 5.88 Å². The molecule has 0 unspecified atom stereocenters. The molecule has 0 fully saturated rings. The highest BCUT2D eigenvalue weighted by Gasteiger charge is 2.18. The number of esters is 1. The summed E-state index contributed by atoms with van der Waals surface area (Å²) in [5.41, 5.74) is 1.23. The highest BCUT2D eigenvalue weighted by Crippen LogP contribution is 2.27. The normalized spacial score (nSPS) is 11.1. The second-order valence-electron chi connectivity index (χ2n) is 6.05. The maximum absolute atomic E-state index is 13.1. The van der Waals surface area contributed by atoms with Gasteiger partial charge in [-0.25, -0.2) is 4.79 Å². The van der Waals surface area contributed by atoms with E-state index in [1.165, 1.54) is 4.40 Å². The number of nitrogens with zero attached hydrogens (tertiary/aromatic N) is 3. The third-order valence-electron chi connectivity index (χ3n) is 4.16. The van der Waals surface area contributed by atoms with Gasteiger partial charge in [-0.05, 0) is 43.2 Å². The van der Waals surface area contributed by atoms with Gasteiger partial charge in [0.15, 0.2) is 0 Å². The lowest BCUT2D eigenvalue weighted by molar-refractivity contribution is -0.135. The van der Waals surface area contributed by atoms with Gasteiger partial charge in [-0.15, -0.1) is 0 Å². The maximum Gasteiger partial charge on any atom is 0.348 e. The summed E-state index contributed by atoms with van der Waals surface area (Å²) in [6.45, 7) is 3.68. The molecule has 0 bridgehead atoms. The summed E-state index contributed by atoms with van der Waals surface area (Å²) in [5.74, 6) is -0.332. The van der Waals surface area contributed by atoms with Crippen molar-refractivity contribution < 1.29 is 14.3 Å². The lowest BCUT2D eigenvalue weighted by atomic mass is 10.1. The van der Waals surface area contributed by atoms with Gasteiger partial charge in [-0.3, -0.25) is 9.20 Å². The Morgan fingerprint density at radius 2 is 1.89 bits per heavy atom. The molecule has 7 nitrogen and oxygen atoms in total. The molecule has 1 aromatic carbocycles. The van der Waals surface area contributed by atoms with Crippen LogP contribution in [-0.2, 0) is 9.53 Å². The number of methoxy groups -OCH3 is 1. The van der Waals surface area contributed by atoms with Gasteiger partial charge in [-0.1, -0.05) is 24.3 Å². The van der Waals surface area contributed by atoms with Crippen LogP contribution < -0.4 is 10.3 Å². The molecular formula is C21H17N3O4. The summed E-state index contributed by atoms with van der Waals surface area (Å²) in [5, 5.41) is 9.27. The quantitative estimate of drug-likeness (QED) is 0.395. The monoisotopic (exact) mass is 375 g/mol. The number of carbonyl (C=O) groups excluding carboxylic acids is 1. The summed E-state index contributed by atoms with van der Waals surface area (Å²) < 4.78 is 11.9. The number of para-hydroxylation sites is 1. The molecule has 0 aliphatic rings. The molecule has 0 saturated carbocycles. The largest absolute Gasteiger partial charge is 0.465 e. The number of ether oxygens (including phenoxy) is 2. The molecule has 0 atom stereocenters. The second kappa shape index (κ2) is 7.76. The third kappa shape index (κ3) is 3.48. The lowest BCUT2D eigenvalue weighted by Crippen LogP contribution is -2.20. The molecule has 0 aliphatic carbocycles. The van der Waals surface area contributed by atoms with E-state index in [1.807, 2.05) is 32.0 Å². The Morgan fingerprint density at radius 3 is 2.57 bits per heavy atom. The third-order valence-corrected chi connectivity index (χ3v) is 4.16. The van der Waals surface area contributed by atoms with Crippen LogP contribution in [0.4, 0.5) is 0 Å². The first kappa shape index (κ1) is 18.9. The minimum absolute atomic E-state index is 0.00486. The minimum atomic E-state index is -0.849. The van der Waals surface area contributed by atoms with Gasteiger partial charge >= 0.3 is 5.97 Å². The van der Waals surface area contributed by atoms with Gasteiger partial charge in [0.1, 0.15) is 28.6 Å². The van der Waals surface area contributed by atoms with E-state index in [4.69, 9.17) is 4.74 Å². The number of carbonyl (C=O) groups is 1. The van der Waals surface area contributed by atoms with Crippen molar-refractivity contribution in [3.63, 3.8) is 0 Å². The zero-order valence-electron chi connectivity index (χ0n) is 15.6. The molecule has 0 saturated heterocycles. The molecule has 0 amide bonds. The molecular weight excluding hydrogens is 358 g/mol. The van der Waals surface area contributed by atoms with Crippen LogP contribution in [0.2, 0.25) is 0 Å². The Balaban J connectivity index is 2.31. The number of hydrogen-bond acceptors (Lipinski definition) is 6. The van der Waals surface area contributed by atoms with Crippen LogP contribution in [0.25, 0.3) is 11.7 Å². The Morgan fingerprint density at radius 1 is 1.18 bits per heavy atom. The van der Waals surface area contributed by atoms with E-state index < -0.39 is 11.5 Å². The van der Waals surface area contributed by atoms with Crippen molar-refractivity contribution in [3.8, 4) is 17.7 Å². The second-order valence-corrected chi connectivity index (χ2v) is 6.05. The van der Waals surface area contributed by atoms with E-state index in [-0.39, 0.29) is 17.0 Å². The zero-order valence-corrected chi connectivity index (χ0v) is 15.6. The van der Waals surface area contributed by atoms with Crippen LogP contribution in [0.5, 0.6) is 11.6 Å². The standard InChI is InChI=1S/C21H17N3O4/c1-13-7-4-5-9-17(13)28-19-16(11-15(12-22)21(26)27-3)20(25)24-10-6-8-14(2)18(24)23-19/h4-11H,1-3H3/b15-11+. The van der Waals surface area contributed by atoms with Crippen molar-refractivity contribution in [2.75, 3.05) is 7.11 Å². The van der Waals surface area contributed by atoms with Gasteiger partial charge in [0.25, 0.3) is 5.56 Å². The molecule has 2 aromatic heterocycles. The molecule has 3 aromatic rings. The molecule has 0 spiro atoms. The van der Waals surface area contributed by atoms with Gasteiger partial charge in [-0.2, -0.15) is 10.2 Å². The number of aromatic nitrogens is 2. The summed E-state index contributed by atoms with van der Waals surface area (Å²) in [6.07, 6.45) is 2.71. The van der Waals surface area contributed by atoms with Gasteiger partial charge < -0.3 is 9.47 Å². The Labute approximate surface area is 161 Å². The van der Waals surface area contributed by atoms with E-state index in [0.717, 1.165) is 24.3 Å². The zero-order chi connectivity index (χ0) is 20.3. The number of benzene rings is 1. The SMILES string of the molecule is COC(=O)/C(C#N)=C/c1c(Oc2ccccc2C)nc2c(C)cccn2c1=O. The van der Waals surface area contributed by atoms with Crippen LogP contribution in [-0.4, -0.2) is 22.5 Å².